The lowest BCUT2D eigenvalue weighted by Crippen LogP contribution is -2.35. The molecule has 0 bridgehead atoms. The van der Waals surface area contributed by atoms with Crippen LogP contribution in [0.1, 0.15) is 23.6 Å². The Morgan fingerprint density at radius 3 is 2.62 bits per heavy atom. The van der Waals surface area contributed by atoms with Crippen molar-refractivity contribution in [3.05, 3.63) is 35.4 Å². The van der Waals surface area contributed by atoms with Crippen molar-refractivity contribution < 1.29 is 0 Å². The highest BCUT2D eigenvalue weighted by Crippen LogP contribution is 2.25. The molecule has 0 unspecified atom stereocenters. The number of nitrogens with one attached hydrogen (secondary N) is 1. The van der Waals surface area contributed by atoms with E-state index >= 15 is 0 Å². The van der Waals surface area contributed by atoms with Gasteiger partial charge in [-0.2, -0.15) is 5.26 Å². The monoisotopic (exact) mass is 194 g/mol. The molecule has 13 heavy (non-hydrogen) atoms. The van der Waals surface area contributed by atoms with Gasteiger partial charge in [0.2, 0.25) is 0 Å². The summed E-state index contributed by atoms with van der Waals surface area (Å²) in [5, 5.41) is 12.1. The summed E-state index contributed by atoms with van der Waals surface area (Å²) in [5.74, 6) is 0. The Kier molecular flexibility index (Phi) is 3.30. The molecule has 0 spiro atoms. The average molecular weight is 195 g/mol. The largest absolute Gasteiger partial charge is 0.310 e. The highest BCUT2D eigenvalue weighted by molar-refractivity contribution is 5.85. The summed E-state index contributed by atoms with van der Waals surface area (Å²) >= 11 is 0. The van der Waals surface area contributed by atoms with Crippen molar-refractivity contribution in [2.24, 2.45) is 0 Å². The average Bonchev–Trinajstić information content (AvgIpc) is 2.02. The number of hydrogen-bond donors (Lipinski definition) is 1. The Bertz CT molecular complexity index is 326. The van der Waals surface area contributed by atoms with Gasteiger partial charge in [-0.1, -0.05) is 18.2 Å². The lowest BCUT2D eigenvalue weighted by Gasteiger charge is -2.28. The van der Waals surface area contributed by atoms with E-state index in [1.807, 2.05) is 24.3 Å². The summed E-state index contributed by atoms with van der Waals surface area (Å²) in [6.45, 7) is 1.07. The van der Waals surface area contributed by atoms with Crippen molar-refractivity contribution in [2.45, 2.75) is 12.5 Å². The Labute approximate surface area is 84.0 Å². The summed E-state index contributed by atoms with van der Waals surface area (Å²) in [6.07, 6.45) is 1.15. The molecule has 1 aromatic carbocycles. The second kappa shape index (κ2) is 4.27. The zero-order valence-electron chi connectivity index (χ0n) is 7.16. The molecule has 1 aliphatic heterocycles. The Morgan fingerprint density at radius 1 is 1.38 bits per heavy atom. The molecule has 0 aliphatic carbocycles. The minimum atomic E-state index is 0. The van der Waals surface area contributed by atoms with Gasteiger partial charge in [0.15, 0.2) is 0 Å². The minimum absolute atomic E-state index is 0. The van der Waals surface area contributed by atoms with Crippen LogP contribution >= 0.6 is 12.4 Å². The number of hydrogen-bond acceptors (Lipinski definition) is 2. The van der Waals surface area contributed by atoms with Crippen molar-refractivity contribution in [2.75, 3.05) is 6.54 Å². The molecule has 1 fully saturated rings. The van der Waals surface area contributed by atoms with Crippen molar-refractivity contribution in [3.8, 4) is 6.07 Å². The van der Waals surface area contributed by atoms with E-state index in [0.29, 0.717) is 6.04 Å². The predicted molar refractivity (Wildman–Crippen MR) is 53.8 cm³/mol. The highest BCUT2D eigenvalue weighted by atomic mass is 35.5. The van der Waals surface area contributed by atoms with Crippen LogP contribution in [0.2, 0.25) is 0 Å². The van der Waals surface area contributed by atoms with Crippen molar-refractivity contribution in [1.29, 1.82) is 5.26 Å². The Balaban J connectivity index is 0.000000845. The van der Waals surface area contributed by atoms with Crippen LogP contribution in [0, 0.1) is 11.3 Å². The van der Waals surface area contributed by atoms with E-state index in [4.69, 9.17) is 5.26 Å². The number of rotatable bonds is 1. The van der Waals surface area contributed by atoms with E-state index in [-0.39, 0.29) is 12.4 Å². The molecule has 1 aromatic rings. The molecule has 2 rings (SSSR count). The van der Waals surface area contributed by atoms with Crippen LogP contribution in [0.5, 0.6) is 0 Å². The summed E-state index contributed by atoms with van der Waals surface area (Å²) < 4.78 is 0. The zero-order valence-corrected chi connectivity index (χ0v) is 7.97. The fourth-order valence-corrected chi connectivity index (χ4v) is 1.46. The molecule has 1 heterocycles. The van der Waals surface area contributed by atoms with Gasteiger partial charge in [0, 0.05) is 6.04 Å². The molecule has 0 aromatic heterocycles. The molecule has 1 N–H and O–H groups in total. The van der Waals surface area contributed by atoms with Crippen LogP contribution in [-0.2, 0) is 0 Å². The fourth-order valence-electron chi connectivity index (χ4n) is 1.46. The molecule has 1 aliphatic rings. The third kappa shape index (κ3) is 1.82. The van der Waals surface area contributed by atoms with E-state index in [0.717, 1.165) is 24.1 Å². The second-order valence-electron chi connectivity index (χ2n) is 2.99. The number of nitrogens with zero attached hydrogens (tertiary/aromatic N) is 1. The van der Waals surface area contributed by atoms with Gasteiger partial charge in [-0.3, -0.25) is 0 Å². The lowest BCUT2D eigenvalue weighted by molar-refractivity contribution is 0.383. The summed E-state index contributed by atoms with van der Waals surface area (Å²) in [5.41, 5.74) is 1.95. The van der Waals surface area contributed by atoms with Crippen molar-refractivity contribution >= 4 is 12.4 Å². The first-order valence-corrected chi connectivity index (χ1v) is 4.14. The molecular formula is C10H11ClN2. The van der Waals surface area contributed by atoms with Gasteiger partial charge in [-0.05, 0) is 24.6 Å². The summed E-state index contributed by atoms with van der Waals surface area (Å²) in [6, 6.07) is 10.4. The standard InChI is InChI=1S/C10H10N2.ClH/c11-7-8-3-1-2-4-9(8)10-5-6-12-10;/h1-4,10,12H,5-6H2;1H/t10-;/m1./s1. The Hall–Kier alpha value is -1.04. The first-order valence-electron chi connectivity index (χ1n) is 4.14. The first kappa shape index (κ1) is 10.0. The minimum Gasteiger partial charge on any atom is -0.310 e. The molecule has 1 atom stereocenters. The van der Waals surface area contributed by atoms with Crippen LogP contribution in [0.15, 0.2) is 24.3 Å². The third-order valence-electron chi connectivity index (χ3n) is 2.28. The summed E-state index contributed by atoms with van der Waals surface area (Å²) in [7, 11) is 0. The van der Waals surface area contributed by atoms with Crippen LogP contribution in [0.25, 0.3) is 0 Å². The van der Waals surface area contributed by atoms with Gasteiger partial charge in [0.05, 0.1) is 11.6 Å². The van der Waals surface area contributed by atoms with Gasteiger partial charge < -0.3 is 5.32 Å². The number of benzene rings is 1. The maximum absolute atomic E-state index is 8.81. The Morgan fingerprint density at radius 2 is 2.08 bits per heavy atom. The molecule has 0 saturated carbocycles. The second-order valence-corrected chi connectivity index (χ2v) is 2.99. The molecular weight excluding hydrogens is 184 g/mol. The van der Waals surface area contributed by atoms with Gasteiger partial charge in [-0.25, -0.2) is 0 Å². The molecule has 68 valence electrons. The van der Waals surface area contributed by atoms with Crippen molar-refractivity contribution in [3.63, 3.8) is 0 Å². The van der Waals surface area contributed by atoms with Gasteiger partial charge >= 0.3 is 0 Å². The van der Waals surface area contributed by atoms with E-state index in [2.05, 4.69) is 11.4 Å². The van der Waals surface area contributed by atoms with Crippen LogP contribution in [0.3, 0.4) is 0 Å². The van der Waals surface area contributed by atoms with E-state index in [9.17, 15) is 0 Å². The zero-order chi connectivity index (χ0) is 8.39. The summed E-state index contributed by atoms with van der Waals surface area (Å²) in [4.78, 5) is 0. The molecule has 3 heteroatoms. The lowest BCUT2D eigenvalue weighted by atomic mass is 9.94. The van der Waals surface area contributed by atoms with Gasteiger partial charge in [0.1, 0.15) is 0 Å². The first-order chi connectivity index (χ1) is 5.92. The molecule has 0 radical (unpaired) electrons. The molecule has 0 amide bonds. The fraction of sp³-hybridized carbons (Fsp3) is 0.300. The normalized spacial score (nSPS) is 19.5. The number of halogens is 1. The quantitative estimate of drug-likeness (QED) is 0.743. The van der Waals surface area contributed by atoms with E-state index < -0.39 is 0 Å². The maximum Gasteiger partial charge on any atom is 0.0995 e. The van der Waals surface area contributed by atoms with Gasteiger partial charge in [0.25, 0.3) is 0 Å². The molecule has 1 saturated heterocycles. The van der Waals surface area contributed by atoms with Crippen LogP contribution < -0.4 is 5.32 Å². The van der Waals surface area contributed by atoms with E-state index in [1.165, 1.54) is 0 Å². The van der Waals surface area contributed by atoms with E-state index in [1.54, 1.807) is 0 Å². The molecule has 2 nitrogen and oxygen atoms in total. The highest BCUT2D eigenvalue weighted by Gasteiger charge is 2.20. The van der Waals surface area contributed by atoms with Crippen LogP contribution in [0.4, 0.5) is 0 Å². The maximum atomic E-state index is 8.81. The van der Waals surface area contributed by atoms with Crippen LogP contribution in [-0.4, -0.2) is 6.54 Å². The topological polar surface area (TPSA) is 35.8 Å². The SMILES string of the molecule is Cl.N#Cc1ccccc1[C@H]1CCN1. The third-order valence-corrected chi connectivity index (χ3v) is 2.28. The smallest absolute Gasteiger partial charge is 0.0995 e. The predicted octanol–water partition coefficient (Wildman–Crippen LogP) is 2.01. The number of nitriles is 1. The van der Waals surface area contributed by atoms with Crippen molar-refractivity contribution in [1.82, 2.24) is 5.32 Å². The van der Waals surface area contributed by atoms with Gasteiger partial charge in [-0.15, -0.1) is 12.4 Å².